The first-order valence-corrected chi connectivity index (χ1v) is 21.0. The Kier molecular flexibility index (Phi) is 6.95. The Labute approximate surface area is 330 Å². The summed E-state index contributed by atoms with van der Waals surface area (Å²) in [5.74, 6) is 0. The molecule has 10 aromatic rings. The lowest BCUT2D eigenvalue weighted by molar-refractivity contribution is 0.590. The van der Waals surface area contributed by atoms with E-state index in [0.717, 1.165) is 18.7 Å². The highest BCUT2D eigenvalue weighted by Crippen LogP contribution is 2.44. The number of aromatic nitrogens is 1. The average molecular weight is 745 g/mol. The van der Waals surface area contributed by atoms with Crippen LogP contribution in [-0.2, 0) is 10.8 Å². The maximum atomic E-state index is 3.88. The predicted octanol–water partition coefficient (Wildman–Crippen LogP) is 13.2. The van der Waals surface area contributed by atoms with Gasteiger partial charge < -0.3 is 9.88 Å². The Morgan fingerprint density at radius 1 is 0.509 bits per heavy atom. The van der Waals surface area contributed by atoms with Crippen molar-refractivity contribution in [1.29, 1.82) is 0 Å². The van der Waals surface area contributed by atoms with Gasteiger partial charge in [0.15, 0.2) is 7.28 Å². The van der Waals surface area contributed by atoms with Gasteiger partial charge in [0.2, 0.25) is 0 Å². The SMILES string of the molecule is CC(C)(C)c1ccc(Nc2ccc(C(C)(C)C)cc2-c2ccc3c4cc5sc6ccccc6c5cc4n4c3c2Bc2cc3c(cc2-4)sc2ccccc23)cc1. The molecule has 0 saturated carbocycles. The van der Waals surface area contributed by atoms with Gasteiger partial charge in [0.25, 0.3) is 0 Å². The second-order valence-corrected chi connectivity index (χ2v) is 19.7. The van der Waals surface area contributed by atoms with Crippen LogP contribution < -0.4 is 16.2 Å². The third kappa shape index (κ3) is 5.06. The van der Waals surface area contributed by atoms with E-state index in [1.165, 1.54) is 101 Å². The molecule has 4 heterocycles. The Morgan fingerprint density at radius 2 is 1.15 bits per heavy atom. The highest BCUT2D eigenvalue weighted by atomic mass is 32.1. The molecule has 0 unspecified atom stereocenters. The number of hydrogen-bond acceptors (Lipinski definition) is 3. The van der Waals surface area contributed by atoms with Crippen molar-refractivity contribution < 1.29 is 0 Å². The van der Waals surface area contributed by atoms with Crippen molar-refractivity contribution in [3.8, 4) is 16.8 Å². The molecule has 55 heavy (non-hydrogen) atoms. The van der Waals surface area contributed by atoms with E-state index in [4.69, 9.17) is 0 Å². The van der Waals surface area contributed by atoms with Crippen LogP contribution in [0.3, 0.4) is 0 Å². The van der Waals surface area contributed by atoms with Gasteiger partial charge in [-0.1, -0.05) is 120 Å². The van der Waals surface area contributed by atoms with Crippen molar-refractivity contribution >= 4 is 114 Å². The van der Waals surface area contributed by atoms with Gasteiger partial charge >= 0.3 is 0 Å². The van der Waals surface area contributed by atoms with Crippen molar-refractivity contribution in [1.82, 2.24) is 4.57 Å². The highest BCUT2D eigenvalue weighted by molar-refractivity contribution is 7.26. The fraction of sp³-hybridized carbons (Fsp3) is 0.160. The first kappa shape index (κ1) is 33.0. The summed E-state index contributed by atoms with van der Waals surface area (Å²) in [6.45, 7) is 13.8. The van der Waals surface area contributed by atoms with Crippen molar-refractivity contribution in [2.75, 3.05) is 5.32 Å². The molecule has 0 fully saturated rings. The van der Waals surface area contributed by atoms with Gasteiger partial charge in [0.05, 0.1) is 5.52 Å². The number of hydrogen-bond donors (Lipinski definition) is 1. The van der Waals surface area contributed by atoms with E-state index in [2.05, 4.69) is 179 Å². The molecule has 1 N–H and O–H groups in total. The standard InChI is InChI=1S/C50H41BN2S2/c1-49(2,3)28-15-18-30(19-16-28)52-40-22-17-29(50(4,5)6)23-35(40)33-20-21-34-36-26-45-38(32-12-8-10-14-44(32)54-45)25-41(36)53-42-27-46-37(24-39(42)51-47(33)48(34)53)31-11-7-9-13-43(31)55-46/h7-27,51-52H,1-6H3. The predicted molar refractivity (Wildman–Crippen MR) is 246 cm³/mol. The fourth-order valence-corrected chi connectivity index (χ4v) is 11.2. The van der Waals surface area contributed by atoms with Gasteiger partial charge in [-0.3, -0.25) is 0 Å². The maximum absolute atomic E-state index is 3.88. The summed E-state index contributed by atoms with van der Waals surface area (Å²) in [4.78, 5) is 0. The van der Waals surface area contributed by atoms with Crippen molar-refractivity contribution in [2.45, 2.75) is 52.4 Å². The minimum absolute atomic E-state index is 0.00456. The minimum atomic E-state index is 0.00456. The smallest absolute Gasteiger partial charge is 0.198 e. The summed E-state index contributed by atoms with van der Waals surface area (Å²) in [6.07, 6.45) is 0. The third-order valence-electron chi connectivity index (χ3n) is 11.9. The molecular weight excluding hydrogens is 704 g/mol. The van der Waals surface area contributed by atoms with Gasteiger partial charge in [-0.15, -0.1) is 22.7 Å². The molecule has 3 aromatic heterocycles. The van der Waals surface area contributed by atoms with Crippen LogP contribution in [0.2, 0.25) is 0 Å². The van der Waals surface area contributed by atoms with Crippen LogP contribution in [0.15, 0.2) is 127 Å². The molecule has 266 valence electrons. The quantitative estimate of drug-likeness (QED) is 0.178. The van der Waals surface area contributed by atoms with Crippen LogP contribution in [0.25, 0.3) is 79.0 Å². The molecule has 0 spiro atoms. The topological polar surface area (TPSA) is 17.0 Å². The number of nitrogens with zero attached hydrogens (tertiary/aromatic N) is 1. The molecule has 7 aromatic carbocycles. The number of fused-ring (bicyclic) bond motifs is 11. The van der Waals surface area contributed by atoms with Crippen LogP contribution in [0.4, 0.5) is 11.4 Å². The molecule has 0 aliphatic carbocycles. The normalized spacial score (nSPS) is 13.1. The van der Waals surface area contributed by atoms with E-state index in [1.54, 1.807) is 0 Å². The van der Waals surface area contributed by atoms with Gasteiger partial charge in [0.1, 0.15) is 0 Å². The summed E-state index contributed by atoms with van der Waals surface area (Å²) < 4.78 is 8.00. The molecule has 2 nitrogen and oxygen atoms in total. The molecule has 1 aliphatic heterocycles. The number of rotatable bonds is 3. The van der Waals surface area contributed by atoms with E-state index in [0.29, 0.717) is 0 Å². The maximum Gasteiger partial charge on any atom is 0.198 e. The Bertz CT molecular complexity index is 3220. The lowest BCUT2D eigenvalue weighted by Gasteiger charge is -2.26. The summed E-state index contributed by atoms with van der Waals surface area (Å²) in [7, 11) is 0.870. The van der Waals surface area contributed by atoms with Crippen LogP contribution in [0.5, 0.6) is 0 Å². The Hall–Kier alpha value is -5.36. The second kappa shape index (κ2) is 11.6. The summed E-state index contributed by atoms with van der Waals surface area (Å²) in [6, 6.07) is 48.5. The molecule has 0 amide bonds. The highest BCUT2D eigenvalue weighted by Gasteiger charge is 2.29. The zero-order valence-corrected chi connectivity index (χ0v) is 33.7. The zero-order chi connectivity index (χ0) is 37.4. The Morgan fingerprint density at radius 3 is 1.84 bits per heavy atom. The molecule has 5 heteroatoms. The monoisotopic (exact) mass is 744 g/mol. The van der Waals surface area contributed by atoms with Gasteiger partial charge in [-0.2, -0.15) is 0 Å². The van der Waals surface area contributed by atoms with Gasteiger partial charge in [-0.05, 0) is 93.0 Å². The summed E-state index contributed by atoms with van der Waals surface area (Å²) in [5, 5.41) is 11.9. The van der Waals surface area contributed by atoms with Crippen LogP contribution in [0, 0.1) is 0 Å². The van der Waals surface area contributed by atoms with Crippen molar-refractivity contribution in [2.24, 2.45) is 0 Å². The molecule has 0 atom stereocenters. The molecule has 0 radical (unpaired) electrons. The van der Waals surface area contributed by atoms with E-state index in [1.807, 2.05) is 22.7 Å². The molecule has 0 saturated heterocycles. The number of nitrogens with one attached hydrogen (secondary N) is 1. The molecular formula is C50H41BN2S2. The van der Waals surface area contributed by atoms with E-state index >= 15 is 0 Å². The van der Waals surface area contributed by atoms with Crippen LogP contribution in [-0.4, -0.2) is 11.8 Å². The Balaban J connectivity index is 1.20. The largest absolute Gasteiger partial charge is 0.355 e. The van der Waals surface area contributed by atoms with Gasteiger partial charge in [0, 0.05) is 73.9 Å². The van der Waals surface area contributed by atoms with Crippen molar-refractivity contribution in [3.63, 3.8) is 0 Å². The second-order valence-electron chi connectivity index (χ2n) is 17.5. The van der Waals surface area contributed by atoms with Crippen LogP contribution in [0.1, 0.15) is 52.7 Å². The van der Waals surface area contributed by atoms with E-state index in [-0.39, 0.29) is 10.8 Å². The lowest BCUT2D eigenvalue weighted by atomic mass is 9.59. The lowest BCUT2D eigenvalue weighted by Crippen LogP contribution is -2.37. The summed E-state index contributed by atoms with van der Waals surface area (Å²) in [5.41, 5.74) is 14.3. The van der Waals surface area contributed by atoms with E-state index < -0.39 is 0 Å². The van der Waals surface area contributed by atoms with Crippen LogP contribution >= 0.6 is 22.7 Å². The van der Waals surface area contributed by atoms with Crippen molar-refractivity contribution in [3.05, 3.63) is 139 Å². The molecule has 0 bridgehead atoms. The average Bonchev–Trinajstić information content (AvgIpc) is 3.82. The first-order chi connectivity index (χ1) is 26.5. The number of anilines is 2. The number of benzene rings is 7. The van der Waals surface area contributed by atoms with E-state index in [9.17, 15) is 0 Å². The fourth-order valence-electron chi connectivity index (χ4n) is 8.97. The molecule has 1 aliphatic rings. The van der Waals surface area contributed by atoms with Gasteiger partial charge in [-0.25, -0.2) is 0 Å². The molecule has 11 rings (SSSR count). The summed E-state index contributed by atoms with van der Waals surface area (Å²) >= 11 is 3.81. The minimum Gasteiger partial charge on any atom is -0.355 e. The first-order valence-electron chi connectivity index (χ1n) is 19.4. The third-order valence-corrected chi connectivity index (χ3v) is 14.2. The zero-order valence-electron chi connectivity index (χ0n) is 32.1. The number of thiophene rings is 2.